The largest absolute Gasteiger partial charge is 0.418 e. The van der Waals surface area contributed by atoms with Gasteiger partial charge in [0.1, 0.15) is 11.5 Å². The maximum Gasteiger partial charge on any atom is 0.418 e. The molecule has 0 aliphatic carbocycles. The number of nitro groups is 2. The first-order valence-electron chi connectivity index (χ1n) is 7.10. The van der Waals surface area contributed by atoms with Gasteiger partial charge in [0.15, 0.2) is 5.82 Å². The van der Waals surface area contributed by atoms with E-state index in [0.717, 1.165) is 13.0 Å². The minimum absolute atomic E-state index is 0.0937. The van der Waals surface area contributed by atoms with Gasteiger partial charge in [-0.2, -0.15) is 13.2 Å². The van der Waals surface area contributed by atoms with E-state index >= 15 is 0 Å². The quantitative estimate of drug-likeness (QED) is 0.441. The second-order valence-electron chi connectivity index (χ2n) is 5.52. The first-order valence-corrected chi connectivity index (χ1v) is 7.10. The Kier molecular flexibility index (Phi) is 5.02. The van der Waals surface area contributed by atoms with Crippen LogP contribution in [0.1, 0.15) is 16.7 Å². The molecule has 0 unspecified atom stereocenters. The lowest BCUT2D eigenvalue weighted by atomic mass is 10.1. The second-order valence-corrected chi connectivity index (χ2v) is 5.52. The Hall–Kier alpha value is -3.31. The summed E-state index contributed by atoms with van der Waals surface area (Å²) in [5.41, 5.74) is -6.63. The highest BCUT2D eigenvalue weighted by Crippen LogP contribution is 2.44. The summed E-state index contributed by atoms with van der Waals surface area (Å²) in [6, 6.07) is 1.25. The van der Waals surface area contributed by atoms with Crippen LogP contribution in [0.5, 0.6) is 0 Å². The van der Waals surface area contributed by atoms with Gasteiger partial charge < -0.3 is 5.32 Å². The van der Waals surface area contributed by atoms with Gasteiger partial charge in [0.05, 0.1) is 27.2 Å². The van der Waals surface area contributed by atoms with Crippen LogP contribution in [0.15, 0.2) is 18.2 Å². The lowest BCUT2D eigenvalue weighted by molar-refractivity contribution is -0.394. The number of hydrogen-bond acceptors (Lipinski definition) is 5. The molecule has 2 aromatic carbocycles. The van der Waals surface area contributed by atoms with Crippen molar-refractivity contribution >= 4 is 22.7 Å². The number of aryl methyl sites for hydroxylation is 1. The summed E-state index contributed by atoms with van der Waals surface area (Å²) < 4.78 is 67.9. The number of halogens is 5. The second kappa shape index (κ2) is 6.78. The molecule has 0 saturated heterocycles. The molecule has 144 valence electrons. The fourth-order valence-electron chi connectivity index (χ4n) is 2.38. The van der Waals surface area contributed by atoms with E-state index in [1.54, 1.807) is 0 Å². The summed E-state index contributed by atoms with van der Waals surface area (Å²) in [7, 11) is 0. The van der Waals surface area contributed by atoms with Crippen molar-refractivity contribution < 1.29 is 31.8 Å². The Morgan fingerprint density at radius 1 is 0.963 bits per heavy atom. The van der Waals surface area contributed by atoms with Gasteiger partial charge in [0, 0.05) is 11.6 Å². The average Bonchev–Trinajstić information content (AvgIpc) is 2.56. The van der Waals surface area contributed by atoms with Crippen molar-refractivity contribution in [3.8, 4) is 0 Å². The molecule has 0 radical (unpaired) electrons. The van der Waals surface area contributed by atoms with Crippen molar-refractivity contribution in [2.45, 2.75) is 20.0 Å². The molecule has 0 saturated carbocycles. The van der Waals surface area contributed by atoms with E-state index in [-0.39, 0.29) is 11.6 Å². The molecule has 7 nitrogen and oxygen atoms in total. The number of non-ortho nitro benzene ring substituents is 1. The van der Waals surface area contributed by atoms with E-state index in [4.69, 9.17) is 0 Å². The molecule has 0 amide bonds. The van der Waals surface area contributed by atoms with Gasteiger partial charge in [-0.1, -0.05) is 0 Å². The third kappa shape index (κ3) is 3.78. The van der Waals surface area contributed by atoms with E-state index in [9.17, 15) is 42.2 Å². The first-order chi connectivity index (χ1) is 12.3. The van der Waals surface area contributed by atoms with E-state index in [1.165, 1.54) is 6.92 Å². The first kappa shape index (κ1) is 20.0. The molecule has 2 aromatic rings. The van der Waals surface area contributed by atoms with Gasteiger partial charge in [-0.3, -0.25) is 20.2 Å². The van der Waals surface area contributed by atoms with E-state index in [0.29, 0.717) is 6.07 Å². The summed E-state index contributed by atoms with van der Waals surface area (Å²) in [6.07, 6.45) is -5.22. The summed E-state index contributed by atoms with van der Waals surface area (Å²) in [4.78, 5) is 19.5. The smallest absolute Gasteiger partial charge is 0.347 e. The highest BCUT2D eigenvalue weighted by atomic mass is 19.4. The molecular formula is C15H10F5N3O4. The Morgan fingerprint density at radius 2 is 1.56 bits per heavy atom. The van der Waals surface area contributed by atoms with Crippen LogP contribution in [0.25, 0.3) is 0 Å². The van der Waals surface area contributed by atoms with Crippen molar-refractivity contribution in [2.24, 2.45) is 0 Å². The predicted molar refractivity (Wildman–Crippen MR) is 83.9 cm³/mol. The molecule has 0 bridgehead atoms. The Balaban J connectivity index is 2.80. The van der Waals surface area contributed by atoms with Crippen molar-refractivity contribution in [1.82, 2.24) is 0 Å². The van der Waals surface area contributed by atoms with E-state index in [2.05, 4.69) is 0 Å². The van der Waals surface area contributed by atoms with Crippen molar-refractivity contribution in [3.05, 3.63) is 66.8 Å². The molecule has 0 aromatic heterocycles. The standard InChI is InChI=1S/C15H10F5N3O4/c1-6-3-10(13(17)7(2)12(6)16)21-14-9(15(18,19)20)4-8(22(24)25)5-11(14)23(26)27/h3-5,21H,1-2H3. The Labute approximate surface area is 147 Å². The number of hydrogen-bond donors (Lipinski definition) is 1. The number of nitrogens with one attached hydrogen (secondary N) is 1. The summed E-state index contributed by atoms with van der Waals surface area (Å²) in [6.45, 7) is 2.26. The number of rotatable bonds is 4. The minimum atomic E-state index is -5.22. The molecule has 2 rings (SSSR count). The van der Waals surface area contributed by atoms with Gasteiger partial charge in [-0.25, -0.2) is 8.78 Å². The van der Waals surface area contributed by atoms with Gasteiger partial charge >= 0.3 is 6.18 Å². The van der Waals surface area contributed by atoms with Gasteiger partial charge in [0.2, 0.25) is 0 Å². The summed E-state index contributed by atoms with van der Waals surface area (Å²) in [5, 5.41) is 23.9. The van der Waals surface area contributed by atoms with Crippen molar-refractivity contribution in [1.29, 1.82) is 0 Å². The molecular weight excluding hydrogens is 381 g/mol. The van der Waals surface area contributed by atoms with Crippen molar-refractivity contribution in [3.63, 3.8) is 0 Å². The molecule has 0 spiro atoms. The van der Waals surface area contributed by atoms with Gasteiger partial charge in [0.25, 0.3) is 11.4 Å². The SMILES string of the molecule is Cc1cc(Nc2c([N+](=O)[O-])cc([N+](=O)[O-])cc2C(F)(F)F)c(F)c(C)c1F. The molecule has 0 fully saturated rings. The van der Waals surface area contributed by atoms with Crippen LogP contribution in [0.2, 0.25) is 0 Å². The van der Waals surface area contributed by atoms with Crippen LogP contribution in [0.4, 0.5) is 44.7 Å². The third-order valence-corrected chi connectivity index (χ3v) is 3.68. The van der Waals surface area contributed by atoms with Crippen LogP contribution < -0.4 is 5.32 Å². The van der Waals surface area contributed by atoms with Crippen LogP contribution >= 0.6 is 0 Å². The average molecular weight is 391 g/mol. The molecule has 0 aliphatic rings. The fourth-order valence-corrected chi connectivity index (χ4v) is 2.38. The lowest BCUT2D eigenvalue weighted by Crippen LogP contribution is -2.12. The molecule has 27 heavy (non-hydrogen) atoms. The number of nitro benzene ring substituents is 2. The number of alkyl halides is 3. The molecule has 1 N–H and O–H groups in total. The zero-order valence-electron chi connectivity index (χ0n) is 13.6. The zero-order chi connectivity index (χ0) is 20.7. The molecule has 0 aliphatic heterocycles. The lowest BCUT2D eigenvalue weighted by Gasteiger charge is -2.16. The zero-order valence-corrected chi connectivity index (χ0v) is 13.6. The topological polar surface area (TPSA) is 98.3 Å². The fraction of sp³-hybridized carbons (Fsp3) is 0.200. The highest BCUT2D eigenvalue weighted by Gasteiger charge is 2.40. The normalized spacial score (nSPS) is 11.4. The van der Waals surface area contributed by atoms with E-state index < -0.39 is 61.5 Å². The maximum atomic E-state index is 14.2. The molecule has 0 heterocycles. The van der Waals surface area contributed by atoms with Crippen LogP contribution in [-0.2, 0) is 6.18 Å². The van der Waals surface area contributed by atoms with Crippen molar-refractivity contribution in [2.75, 3.05) is 5.32 Å². The Bertz CT molecular complexity index is 960. The minimum Gasteiger partial charge on any atom is -0.347 e. The van der Waals surface area contributed by atoms with Gasteiger partial charge in [-0.05, 0) is 25.5 Å². The van der Waals surface area contributed by atoms with Crippen LogP contribution in [-0.4, -0.2) is 9.85 Å². The third-order valence-electron chi connectivity index (χ3n) is 3.68. The molecule has 12 heteroatoms. The Morgan fingerprint density at radius 3 is 2.04 bits per heavy atom. The maximum absolute atomic E-state index is 14.2. The number of nitrogens with zero attached hydrogens (tertiary/aromatic N) is 2. The predicted octanol–water partition coefficient (Wildman–Crippen LogP) is 5.16. The van der Waals surface area contributed by atoms with Crippen LogP contribution in [0, 0.1) is 45.7 Å². The van der Waals surface area contributed by atoms with Crippen LogP contribution in [0.3, 0.4) is 0 Å². The summed E-state index contributed by atoms with van der Waals surface area (Å²) in [5.74, 6) is -2.17. The number of anilines is 2. The monoisotopic (exact) mass is 391 g/mol. The number of benzene rings is 2. The summed E-state index contributed by atoms with van der Waals surface area (Å²) >= 11 is 0. The van der Waals surface area contributed by atoms with E-state index in [1.807, 2.05) is 5.32 Å². The highest BCUT2D eigenvalue weighted by molar-refractivity contribution is 5.77. The van der Waals surface area contributed by atoms with Gasteiger partial charge in [-0.15, -0.1) is 0 Å². The molecule has 0 atom stereocenters.